The van der Waals surface area contributed by atoms with Crippen molar-refractivity contribution in [2.75, 3.05) is 0 Å². The Morgan fingerprint density at radius 1 is 1.58 bits per heavy atom. The van der Waals surface area contributed by atoms with Crippen molar-refractivity contribution in [3.05, 3.63) is 17.5 Å². The number of hydrogen-bond acceptors (Lipinski definition) is 2. The highest BCUT2D eigenvalue weighted by Gasteiger charge is 2.32. The molecule has 3 nitrogen and oxygen atoms in total. The summed E-state index contributed by atoms with van der Waals surface area (Å²) in [6.45, 7) is 1.35. The van der Waals surface area contributed by atoms with E-state index in [0.29, 0.717) is 6.20 Å². The molecule has 0 fully saturated rings. The number of rotatable bonds is 0. The number of hydrogen-bond donors (Lipinski definition) is 0. The summed E-state index contributed by atoms with van der Waals surface area (Å²) in [4.78, 5) is 0. The van der Waals surface area contributed by atoms with Crippen molar-refractivity contribution in [1.29, 1.82) is 5.26 Å². The normalized spacial score (nSPS) is 11.2. The molecule has 1 aromatic rings. The van der Waals surface area contributed by atoms with Gasteiger partial charge in [0.05, 0.1) is 17.5 Å². The van der Waals surface area contributed by atoms with Crippen LogP contribution in [-0.4, -0.2) is 9.78 Å². The van der Waals surface area contributed by atoms with Crippen LogP contribution in [0.1, 0.15) is 11.3 Å². The SMILES string of the molecule is Cc1nn(C(F)(F)F)cc1C#N. The fourth-order valence-electron chi connectivity index (χ4n) is 0.700. The van der Waals surface area contributed by atoms with Gasteiger partial charge in [0, 0.05) is 0 Å². The molecule has 0 amide bonds. The van der Waals surface area contributed by atoms with Gasteiger partial charge in [-0.1, -0.05) is 0 Å². The third-order valence-corrected chi connectivity index (χ3v) is 1.28. The predicted octanol–water partition coefficient (Wildman–Crippen LogP) is 1.54. The molecular weight excluding hydrogens is 171 g/mol. The molecule has 64 valence electrons. The molecule has 0 N–H and O–H groups in total. The minimum absolute atomic E-state index is 0.0627. The van der Waals surface area contributed by atoms with Crippen molar-refractivity contribution < 1.29 is 13.2 Å². The Morgan fingerprint density at radius 2 is 2.17 bits per heavy atom. The molecule has 6 heteroatoms. The van der Waals surface area contributed by atoms with Crippen molar-refractivity contribution in [2.24, 2.45) is 0 Å². The van der Waals surface area contributed by atoms with Gasteiger partial charge in [-0.05, 0) is 6.92 Å². The molecule has 0 bridgehead atoms. The van der Waals surface area contributed by atoms with Gasteiger partial charge in [-0.2, -0.15) is 15.0 Å². The minimum atomic E-state index is -4.54. The number of nitrogens with zero attached hydrogens (tertiary/aromatic N) is 3. The zero-order valence-electron chi connectivity index (χ0n) is 6.05. The fraction of sp³-hybridized carbons (Fsp3) is 0.333. The molecule has 0 unspecified atom stereocenters. The van der Waals surface area contributed by atoms with Crippen LogP contribution in [0.2, 0.25) is 0 Å². The lowest BCUT2D eigenvalue weighted by atomic mass is 10.3. The van der Waals surface area contributed by atoms with Gasteiger partial charge in [0.25, 0.3) is 0 Å². The largest absolute Gasteiger partial charge is 0.504 e. The number of nitriles is 1. The van der Waals surface area contributed by atoms with Gasteiger partial charge in [0.15, 0.2) is 0 Å². The highest BCUT2D eigenvalue weighted by molar-refractivity contribution is 5.29. The van der Waals surface area contributed by atoms with Crippen molar-refractivity contribution in [3.8, 4) is 6.07 Å². The number of alkyl halides is 3. The number of halogens is 3. The quantitative estimate of drug-likeness (QED) is 0.600. The van der Waals surface area contributed by atoms with Crippen LogP contribution in [0.15, 0.2) is 6.20 Å². The van der Waals surface area contributed by atoms with Gasteiger partial charge < -0.3 is 0 Å². The zero-order chi connectivity index (χ0) is 9.35. The first kappa shape index (κ1) is 8.59. The average Bonchev–Trinajstić information content (AvgIpc) is 2.29. The third kappa shape index (κ3) is 1.39. The lowest BCUT2D eigenvalue weighted by Gasteiger charge is -2.03. The molecule has 1 rings (SSSR count). The van der Waals surface area contributed by atoms with Gasteiger partial charge in [-0.15, -0.1) is 13.2 Å². The molecule has 0 aliphatic heterocycles. The number of aryl methyl sites for hydroxylation is 1. The summed E-state index contributed by atoms with van der Waals surface area (Å²) in [5.41, 5.74) is 0.0159. The van der Waals surface area contributed by atoms with Crippen molar-refractivity contribution >= 4 is 0 Å². The van der Waals surface area contributed by atoms with Gasteiger partial charge in [0.2, 0.25) is 0 Å². The van der Waals surface area contributed by atoms with E-state index in [-0.39, 0.29) is 15.9 Å². The van der Waals surface area contributed by atoms with E-state index < -0.39 is 6.30 Å². The Kier molecular flexibility index (Phi) is 1.80. The first-order chi connectivity index (χ1) is 5.45. The molecule has 0 saturated heterocycles. The maximum absolute atomic E-state index is 11.9. The first-order valence-corrected chi connectivity index (χ1v) is 2.98. The molecule has 0 aliphatic rings. The van der Waals surface area contributed by atoms with Crippen LogP contribution in [0.5, 0.6) is 0 Å². The highest BCUT2D eigenvalue weighted by Crippen LogP contribution is 2.22. The molecule has 1 aromatic heterocycles. The Labute approximate surface area is 66.0 Å². The van der Waals surface area contributed by atoms with Crippen LogP contribution in [0.4, 0.5) is 13.2 Å². The van der Waals surface area contributed by atoms with Gasteiger partial charge in [-0.25, -0.2) is 0 Å². The number of aromatic nitrogens is 2. The Balaban J connectivity index is 3.16. The van der Waals surface area contributed by atoms with Gasteiger partial charge in [0.1, 0.15) is 6.07 Å². The summed E-state index contributed by atoms with van der Waals surface area (Å²) in [5.74, 6) is 0. The Bertz CT molecular complexity index is 331. The van der Waals surface area contributed by atoms with Crippen LogP contribution in [0, 0.1) is 18.3 Å². The van der Waals surface area contributed by atoms with E-state index in [1.54, 1.807) is 6.07 Å². The second kappa shape index (κ2) is 2.52. The molecule has 0 aromatic carbocycles. The second-order valence-corrected chi connectivity index (χ2v) is 2.15. The monoisotopic (exact) mass is 175 g/mol. The summed E-state index contributed by atoms with van der Waals surface area (Å²) in [6, 6.07) is 1.60. The Morgan fingerprint density at radius 3 is 2.42 bits per heavy atom. The summed E-state index contributed by atoms with van der Waals surface area (Å²) < 4.78 is 35.5. The van der Waals surface area contributed by atoms with E-state index in [0.717, 1.165) is 0 Å². The topological polar surface area (TPSA) is 41.6 Å². The van der Waals surface area contributed by atoms with Crippen LogP contribution >= 0.6 is 0 Å². The summed E-state index contributed by atoms with van der Waals surface area (Å²) in [7, 11) is 0. The molecule has 0 radical (unpaired) electrons. The Hall–Kier alpha value is -1.51. The summed E-state index contributed by atoms with van der Waals surface area (Å²) >= 11 is 0. The second-order valence-electron chi connectivity index (χ2n) is 2.15. The van der Waals surface area contributed by atoms with E-state index in [1.165, 1.54) is 6.92 Å². The van der Waals surface area contributed by atoms with Crippen molar-refractivity contribution in [1.82, 2.24) is 9.78 Å². The van der Waals surface area contributed by atoms with E-state index in [1.807, 2.05) is 0 Å². The van der Waals surface area contributed by atoms with Crippen molar-refractivity contribution in [2.45, 2.75) is 13.2 Å². The standard InChI is InChI=1S/C6H4F3N3/c1-4-5(2-10)3-12(11-4)6(7,8)9/h3H,1H3. The smallest absolute Gasteiger partial charge is 0.192 e. The average molecular weight is 175 g/mol. The van der Waals surface area contributed by atoms with Crippen LogP contribution in [0.25, 0.3) is 0 Å². The molecule has 12 heavy (non-hydrogen) atoms. The predicted molar refractivity (Wildman–Crippen MR) is 33.0 cm³/mol. The summed E-state index contributed by atoms with van der Waals surface area (Å²) in [6.07, 6.45) is -3.88. The van der Waals surface area contributed by atoms with Crippen LogP contribution in [-0.2, 0) is 6.30 Å². The first-order valence-electron chi connectivity index (χ1n) is 2.98. The lowest BCUT2D eigenvalue weighted by molar-refractivity contribution is -0.212. The zero-order valence-corrected chi connectivity index (χ0v) is 6.05. The molecule has 0 saturated carbocycles. The maximum atomic E-state index is 11.9. The lowest BCUT2D eigenvalue weighted by Crippen LogP contribution is -2.17. The molecule has 1 heterocycles. The minimum Gasteiger partial charge on any atom is -0.192 e. The van der Waals surface area contributed by atoms with E-state index in [2.05, 4.69) is 5.10 Å². The van der Waals surface area contributed by atoms with Gasteiger partial charge in [-0.3, -0.25) is 0 Å². The molecular formula is C6H4F3N3. The molecule has 0 aliphatic carbocycles. The van der Waals surface area contributed by atoms with Crippen molar-refractivity contribution in [3.63, 3.8) is 0 Å². The third-order valence-electron chi connectivity index (χ3n) is 1.28. The van der Waals surface area contributed by atoms with E-state index >= 15 is 0 Å². The summed E-state index contributed by atoms with van der Waals surface area (Å²) in [5, 5.41) is 11.4. The fourth-order valence-corrected chi connectivity index (χ4v) is 0.700. The maximum Gasteiger partial charge on any atom is 0.504 e. The van der Waals surface area contributed by atoms with Crippen LogP contribution in [0.3, 0.4) is 0 Å². The molecule has 0 atom stereocenters. The van der Waals surface area contributed by atoms with Crippen LogP contribution < -0.4 is 0 Å². The highest BCUT2D eigenvalue weighted by atomic mass is 19.4. The van der Waals surface area contributed by atoms with Gasteiger partial charge >= 0.3 is 6.30 Å². The van der Waals surface area contributed by atoms with E-state index in [4.69, 9.17) is 5.26 Å². The molecule has 0 spiro atoms. The van der Waals surface area contributed by atoms with E-state index in [9.17, 15) is 13.2 Å².